The molecular formula is C21H21N3O3. The molecule has 2 aromatic carbocycles. The fraction of sp³-hybridized carbons (Fsp3) is 0.286. The zero-order chi connectivity index (χ0) is 19.1. The molecule has 0 saturated heterocycles. The number of carbonyl (C=O) groups is 2. The van der Waals surface area contributed by atoms with Crippen LogP contribution in [-0.4, -0.2) is 24.1 Å². The minimum Gasteiger partial charge on any atom is -0.446 e. The molecule has 2 N–H and O–H groups in total. The van der Waals surface area contributed by atoms with E-state index in [0.717, 1.165) is 19.3 Å². The van der Waals surface area contributed by atoms with Crippen LogP contribution in [0.25, 0.3) is 0 Å². The Hall–Kier alpha value is -3.33. The second-order valence-corrected chi connectivity index (χ2v) is 6.55. The lowest BCUT2D eigenvalue weighted by atomic mass is 9.92. The van der Waals surface area contributed by atoms with Gasteiger partial charge in [0, 0.05) is 23.7 Å². The molecule has 6 heteroatoms. The van der Waals surface area contributed by atoms with Gasteiger partial charge in [0.1, 0.15) is 6.10 Å². The van der Waals surface area contributed by atoms with Crippen molar-refractivity contribution in [2.75, 3.05) is 5.32 Å². The number of ether oxygens (including phenoxy) is 1. The molecule has 27 heavy (non-hydrogen) atoms. The van der Waals surface area contributed by atoms with Crippen molar-refractivity contribution in [1.82, 2.24) is 5.32 Å². The van der Waals surface area contributed by atoms with Crippen LogP contribution in [0, 0.1) is 11.3 Å². The number of nitriles is 1. The lowest BCUT2D eigenvalue weighted by molar-refractivity contribution is 0.0712. The molecule has 3 rings (SSSR count). The summed E-state index contributed by atoms with van der Waals surface area (Å²) in [5.74, 6) is -0.216. The van der Waals surface area contributed by atoms with Gasteiger partial charge in [0.05, 0.1) is 11.6 Å². The summed E-state index contributed by atoms with van der Waals surface area (Å²) in [4.78, 5) is 24.5. The van der Waals surface area contributed by atoms with Gasteiger partial charge in [0.25, 0.3) is 5.91 Å². The van der Waals surface area contributed by atoms with E-state index in [2.05, 4.69) is 10.6 Å². The summed E-state index contributed by atoms with van der Waals surface area (Å²) in [6.45, 7) is 0. The van der Waals surface area contributed by atoms with Crippen LogP contribution < -0.4 is 10.6 Å². The van der Waals surface area contributed by atoms with Crippen molar-refractivity contribution >= 4 is 17.7 Å². The molecule has 1 aliphatic carbocycles. The van der Waals surface area contributed by atoms with Crippen molar-refractivity contribution in [3.63, 3.8) is 0 Å². The molecular weight excluding hydrogens is 342 g/mol. The third-order valence-corrected chi connectivity index (χ3v) is 4.51. The van der Waals surface area contributed by atoms with Crippen molar-refractivity contribution < 1.29 is 14.3 Å². The third kappa shape index (κ3) is 5.32. The van der Waals surface area contributed by atoms with E-state index in [1.54, 1.807) is 36.4 Å². The maximum atomic E-state index is 12.4. The van der Waals surface area contributed by atoms with Crippen LogP contribution in [0.15, 0.2) is 54.6 Å². The van der Waals surface area contributed by atoms with Crippen LogP contribution in [0.3, 0.4) is 0 Å². The second-order valence-electron chi connectivity index (χ2n) is 6.55. The Labute approximate surface area is 158 Å². The van der Waals surface area contributed by atoms with Gasteiger partial charge >= 0.3 is 6.09 Å². The van der Waals surface area contributed by atoms with Crippen molar-refractivity contribution in [2.45, 2.75) is 37.8 Å². The first-order valence-corrected chi connectivity index (χ1v) is 8.98. The van der Waals surface area contributed by atoms with Gasteiger partial charge in [-0.3, -0.25) is 10.1 Å². The van der Waals surface area contributed by atoms with Crippen molar-refractivity contribution in [2.24, 2.45) is 0 Å². The number of nitrogens with zero attached hydrogens (tertiary/aromatic N) is 1. The summed E-state index contributed by atoms with van der Waals surface area (Å²) in [6.07, 6.45) is 2.33. The Morgan fingerprint density at radius 2 is 1.89 bits per heavy atom. The molecule has 0 unspecified atom stereocenters. The van der Waals surface area contributed by atoms with E-state index < -0.39 is 6.09 Å². The molecule has 6 nitrogen and oxygen atoms in total. The van der Waals surface area contributed by atoms with E-state index in [1.165, 1.54) is 0 Å². The highest BCUT2D eigenvalue weighted by atomic mass is 16.6. The van der Waals surface area contributed by atoms with E-state index in [1.807, 2.05) is 24.3 Å². The third-order valence-electron chi connectivity index (χ3n) is 4.51. The Kier molecular flexibility index (Phi) is 6.06. The summed E-state index contributed by atoms with van der Waals surface area (Å²) < 4.78 is 5.50. The minimum atomic E-state index is -0.486. The lowest BCUT2D eigenvalue weighted by Crippen LogP contribution is -2.41. The van der Waals surface area contributed by atoms with Gasteiger partial charge in [-0.05, 0) is 49.6 Å². The van der Waals surface area contributed by atoms with Gasteiger partial charge in [-0.1, -0.05) is 24.3 Å². The number of anilines is 1. The topological polar surface area (TPSA) is 91.2 Å². The Morgan fingerprint density at radius 1 is 1.07 bits per heavy atom. The predicted molar refractivity (Wildman–Crippen MR) is 101 cm³/mol. The highest BCUT2D eigenvalue weighted by molar-refractivity contribution is 5.94. The van der Waals surface area contributed by atoms with Crippen LogP contribution in [0.5, 0.6) is 0 Å². The quantitative estimate of drug-likeness (QED) is 0.863. The minimum absolute atomic E-state index is 0.0634. The largest absolute Gasteiger partial charge is 0.446 e. The Balaban J connectivity index is 1.52. The van der Waals surface area contributed by atoms with Gasteiger partial charge in [-0.15, -0.1) is 0 Å². The predicted octanol–water partition coefficient (Wildman–Crippen LogP) is 3.85. The number of hydrogen-bond donors (Lipinski definition) is 2. The zero-order valence-electron chi connectivity index (χ0n) is 14.9. The maximum Gasteiger partial charge on any atom is 0.411 e. The van der Waals surface area contributed by atoms with Gasteiger partial charge in [0.15, 0.2) is 0 Å². The van der Waals surface area contributed by atoms with E-state index >= 15 is 0 Å². The van der Waals surface area contributed by atoms with Gasteiger partial charge in [0.2, 0.25) is 0 Å². The first-order chi connectivity index (χ1) is 13.1. The standard InChI is InChI=1S/C21H21N3O3/c22-14-15-6-4-7-16(12-15)20(25)23-18-10-5-11-19(13-18)27-21(26)24-17-8-2-1-3-9-17/h1-4,6-9,12,18-19H,5,10-11,13H2,(H,23,25)(H,24,26)/t18-,19+/m1/s1. The molecule has 0 spiro atoms. The molecule has 1 aliphatic rings. The monoisotopic (exact) mass is 363 g/mol. The van der Waals surface area contributed by atoms with Gasteiger partial charge in [-0.25, -0.2) is 4.79 Å². The van der Waals surface area contributed by atoms with E-state index in [4.69, 9.17) is 10.00 Å². The smallest absolute Gasteiger partial charge is 0.411 e. The molecule has 0 aromatic heterocycles. The summed E-state index contributed by atoms with van der Waals surface area (Å²) in [5.41, 5.74) is 1.59. The molecule has 1 saturated carbocycles. The van der Waals surface area contributed by atoms with E-state index in [-0.39, 0.29) is 18.1 Å². The van der Waals surface area contributed by atoms with Crippen LogP contribution in [0.2, 0.25) is 0 Å². The SMILES string of the molecule is N#Cc1cccc(C(=O)N[C@@H]2CCC[C@H](OC(=O)Nc3ccccc3)C2)c1. The highest BCUT2D eigenvalue weighted by Crippen LogP contribution is 2.22. The molecule has 1 fully saturated rings. The van der Waals surface area contributed by atoms with Crippen LogP contribution in [0.1, 0.15) is 41.6 Å². The molecule has 0 bridgehead atoms. The molecule has 2 aromatic rings. The molecule has 0 aliphatic heterocycles. The summed E-state index contributed by atoms with van der Waals surface area (Å²) >= 11 is 0. The maximum absolute atomic E-state index is 12.4. The Bertz CT molecular complexity index is 845. The Morgan fingerprint density at radius 3 is 2.67 bits per heavy atom. The number of rotatable bonds is 4. The fourth-order valence-corrected chi connectivity index (χ4v) is 3.20. The number of nitrogens with one attached hydrogen (secondary N) is 2. The summed E-state index contributed by atoms with van der Waals surface area (Å²) in [6, 6.07) is 17.7. The van der Waals surface area contributed by atoms with Crippen LogP contribution >= 0.6 is 0 Å². The van der Waals surface area contributed by atoms with Gasteiger partial charge < -0.3 is 10.1 Å². The van der Waals surface area contributed by atoms with E-state index in [9.17, 15) is 9.59 Å². The normalized spacial score (nSPS) is 18.8. The number of benzene rings is 2. The first kappa shape index (κ1) is 18.5. The summed E-state index contributed by atoms with van der Waals surface area (Å²) in [7, 11) is 0. The van der Waals surface area contributed by atoms with Crippen molar-refractivity contribution in [3.8, 4) is 6.07 Å². The number of hydrogen-bond acceptors (Lipinski definition) is 4. The average molecular weight is 363 g/mol. The molecule has 0 heterocycles. The van der Waals surface area contributed by atoms with Crippen LogP contribution in [-0.2, 0) is 4.74 Å². The molecule has 2 atom stereocenters. The second kappa shape index (κ2) is 8.86. The van der Waals surface area contributed by atoms with Crippen molar-refractivity contribution in [1.29, 1.82) is 5.26 Å². The molecule has 138 valence electrons. The van der Waals surface area contributed by atoms with Crippen LogP contribution in [0.4, 0.5) is 10.5 Å². The lowest BCUT2D eigenvalue weighted by Gasteiger charge is -2.29. The van der Waals surface area contributed by atoms with Crippen molar-refractivity contribution in [3.05, 3.63) is 65.7 Å². The number of para-hydroxylation sites is 1. The zero-order valence-corrected chi connectivity index (χ0v) is 14.9. The highest BCUT2D eigenvalue weighted by Gasteiger charge is 2.26. The van der Waals surface area contributed by atoms with E-state index in [0.29, 0.717) is 23.2 Å². The number of carbonyl (C=O) groups excluding carboxylic acids is 2. The fourth-order valence-electron chi connectivity index (χ4n) is 3.20. The average Bonchev–Trinajstić information content (AvgIpc) is 2.69. The van der Waals surface area contributed by atoms with Gasteiger partial charge in [-0.2, -0.15) is 5.26 Å². The summed E-state index contributed by atoms with van der Waals surface area (Å²) in [5, 5.41) is 14.6. The molecule has 0 radical (unpaired) electrons. The number of amides is 2. The molecule has 2 amide bonds. The first-order valence-electron chi connectivity index (χ1n) is 8.98.